The molecule has 0 amide bonds. The average molecular weight is 539 g/mol. The first-order valence-corrected chi connectivity index (χ1v) is 13.0. The van der Waals surface area contributed by atoms with Crippen LogP contribution in [-0.2, 0) is 42.7 Å². The summed E-state index contributed by atoms with van der Waals surface area (Å²) in [5.41, 5.74) is 0. The zero-order chi connectivity index (χ0) is 27.4. The highest BCUT2D eigenvalue weighted by Crippen LogP contribution is 2.43. The average Bonchev–Trinajstić information content (AvgIpc) is 3.34. The number of hydrogen-bond acceptors (Lipinski definition) is 11. The normalized spacial score (nSPS) is 41.2. The molecular weight excluding hydrogens is 500 g/mol. The summed E-state index contributed by atoms with van der Waals surface area (Å²) in [5, 5.41) is 0. The number of ether oxygens (including phenoxy) is 10. The smallest absolute Gasteiger partial charge is 0.303 e. The molecule has 5 rings (SSSR count). The molecule has 212 valence electrons. The van der Waals surface area contributed by atoms with Gasteiger partial charge in [0.15, 0.2) is 30.1 Å². The van der Waals surface area contributed by atoms with Gasteiger partial charge in [0.05, 0.1) is 19.3 Å². The van der Waals surface area contributed by atoms with Gasteiger partial charge in [-0.3, -0.25) is 4.79 Å². The van der Waals surface area contributed by atoms with Crippen molar-refractivity contribution in [1.29, 1.82) is 0 Å². The molecule has 4 aliphatic rings. The van der Waals surface area contributed by atoms with E-state index in [-0.39, 0.29) is 6.10 Å². The zero-order valence-corrected chi connectivity index (χ0v) is 23.1. The molecule has 11 nitrogen and oxygen atoms in total. The van der Waals surface area contributed by atoms with E-state index in [4.69, 9.17) is 47.4 Å². The number of esters is 1. The number of rotatable bonds is 6. The van der Waals surface area contributed by atoms with Crippen molar-refractivity contribution in [2.24, 2.45) is 0 Å². The Balaban J connectivity index is 1.42. The summed E-state index contributed by atoms with van der Waals surface area (Å²) in [6.45, 7) is 12.4. The molecule has 4 fully saturated rings. The summed E-state index contributed by atoms with van der Waals surface area (Å²) in [5.74, 6) is -0.933. The van der Waals surface area contributed by atoms with Crippen molar-refractivity contribution in [2.75, 3.05) is 7.11 Å². The highest BCUT2D eigenvalue weighted by molar-refractivity contribution is 5.66. The van der Waals surface area contributed by atoms with Gasteiger partial charge in [0, 0.05) is 6.92 Å². The van der Waals surface area contributed by atoms with Gasteiger partial charge < -0.3 is 47.4 Å². The molecular formula is C27H38O11. The zero-order valence-electron chi connectivity index (χ0n) is 23.1. The van der Waals surface area contributed by atoms with Gasteiger partial charge in [0.1, 0.15) is 35.9 Å². The van der Waals surface area contributed by atoms with Crippen LogP contribution in [0.2, 0.25) is 0 Å². The molecule has 0 bridgehead atoms. The molecule has 0 radical (unpaired) electrons. The maximum absolute atomic E-state index is 11.8. The summed E-state index contributed by atoms with van der Waals surface area (Å²) in [4.78, 5) is 11.8. The highest BCUT2D eigenvalue weighted by atomic mass is 16.8. The molecule has 0 N–H and O–H groups in total. The molecule has 1 aromatic carbocycles. The Morgan fingerprint density at radius 1 is 0.737 bits per heavy atom. The van der Waals surface area contributed by atoms with Gasteiger partial charge in [-0.15, -0.1) is 0 Å². The van der Waals surface area contributed by atoms with Crippen LogP contribution in [0.1, 0.15) is 48.5 Å². The number of hydrogen-bond donors (Lipinski definition) is 0. The fourth-order valence-electron chi connectivity index (χ4n) is 5.51. The summed E-state index contributed by atoms with van der Waals surface area (Å²) < 4.78 is 61.0. The second-order valence-electron chi connectivity index (χ2n) is 11.0. The quantitative estimate of drug-likeness (QED) is 0.499. The Morgan fingerprint density at radius 3 is 1.87 bits per heavy atom. The number of fused-ring (bicyclic) bond motifs is 2. The van der Waals surface area contributed by atoms with Gasteiger partial charge in [-0.1, -0.05) is 0 Å². The predicted molar refractivity (Wildman–Crippen MR) is 130 cm³/mol. The molecule has 10 atom stereocenters. The highest BCUT2D eigenvalue weighted by Gasteiger charge is 2.60. The molecule has 11 heteroatoms. The van der Waals surface area contributed by atoms with Crippen LogP contribution in [0.15, 0.2) is 24.3 Å². The Morgan fingerprint density at radius 2 is 1.26 bits per heavy atom. The van der Waals surface area contributed by atoms with Gasteiger partial charge in [-0.2, -0.15) is 0 Å². The van der Waals surface area contributed by atoms with Gasteiger partial charge in [0.25, 0.3) is 0 Å². The van der Waals surface area contributed by atoms with Crippen LogP contribution in [-0.4, -0.2) is 86.1 Å². The van der Waals surface area contributed by atoms with Crippen LogP contribution in [0.5, 0.6) is 11.5 Å². The van der Waals surface area contributed by atoms with Crippen molar-refractivity contribution in [2.45, 2.75) is 121 Å². The van der Waals surface area contributed by atoms with Gasteiger partial charge >= 0.3 is 5.97 Å². The summed E-state index contributed by atoms with van der Waals surface area (Å²) in [6.07, 6.45) is -6.20. The van der Waals surface area contributed by atoms with E-state index in [1.807, 2.05) is 20.8 Å². The van der Waals surface area contributed by atoms with E-state index in [2.05, 4.69) is 0 Å². The van der Waals surface area contributed by atoms with Crippen LogP contribution < -0.4 is 9.47 Å². The molecule has 4 saturated heterocycles. The van der Waals surface area contributed by atoms with Crippen molar-refractivity contribution in [3.8, 4) is 11.5 Å². The van der Waals surface area contributed by atoms with Gasteiger partial charge in [-0.25, -0.2) is 0 Å². The van der Waals surface area contributed by atoms with Crippen LogP contribution in [0.4, 0.5) is 0 Å². The van der Waals surface area contributed by atoms with Crippen molar-refractivity contribution in [1.82, 2.24) is 0 Å². The molecule has 0 saturated carbocycles. The fraction of sp³-hybridized carbons (Fsp3) is 0.741. The molecule has 4 heterocycles. The van der Waals surface area contributed by atoms with E-state index in [1.54, 1.807) is 52.1 Å². The first-order valence-electron chi connectivity index (χ1n) is 13.0. The molecule has 0 aliphatic carbocycles. The summed E-state index contributed by atoms with van der Waals surface area (Å²) in [6, 6.07) is 7.19. The summed E-state index contributed by atoms with van der Waals surface area (Å²) in [7, 11) is 1.60. The van der Waals surface area contributed by atoms with Gasteiger partial charge in [-0.05, 0) is 65.8 Å². The lowest BCUT2D eigenvalue weighted by Gasteiger charge is -2.45. The Hall–Kier alpha value is -1.99. The fourth-order valence-corrected chi connectivity index (χ4v) is 5.51. The maximum atomic E-state index is 11.8. The van der Waals surface area contributed by atoms with Crippen LogP contribution in [0.3, 0.4) is 0 Å². The number of carbonyl (C=O) groups excluding carboxylic acids is 1. The Kier molecular flexibility index (Phi) is 7.40. The maximum Gasteiger partial charge on any atom is 0.303 e. The first-order chi connectivity index (χ1) is 17.9. The lowest BCUT2D eigenvalue weighted by molar-refractivity contribution is -0.335. The van der Waals surface area contributed by atoms with Crippen molar-refractivity contribution in [3.05, 3.63) is 24.3 Å². The molecule has 38 heavy (non-hydrogen) atoms. The standard InChI is InChI=1S/C27H38O11/c1-13-18(32-15(3)28)20-23(38-27(6,7)36-20)25(30-13)34-22-21-19(35-26(4,5)37-21)14(2)31-24(22)33-17-11-9-16(29-8)10-12-17/h9-14,18-25H,1-8H3/t13-,14+,18-,19-,20+,21-,22+,23+,24-,25-/m0/s1. The number of methoxy groups -OCH3 is 1. The third-order valence-electron chi connectivity index (χ3n) is 7.04. The van der Waals surface area contributed by atoms with Gasteiger partial charge in [0.2, 0.25) is 6.29 Å². The lowest BCUT2D eigenvalue weighted by atomic mass is 9.97. The second kappa shape index (κ2) is 10.2. The van der Waals surface area contributed by atoms with Crippen molar-refractivity contribution >= 4 is 5.97 Å². The summed E-state index contributed by atoms with van der Waals surface area (Å²) >= 11 is 0. The van der Waals surface area contributed by atoms with E-state index in [0.29, 0.717) is 11.5 Å². The predicted octanol–water partition coefficient (Wildman–Crippen LogP) is 2.92. The minimum absolute atomic E-state index is 0.331. The second-order valence-corrected chi connectivity index (χ2v) is 11.0. The van der Waals surface area contributed by atoms with E-state index < -0.39 is 72.9 Å². The molecule has 4 aliphatic heterocycles. The Labute approximate surface area is 222 Å². The largest absolute Gasteiger partial charge is 0.497 e. The minimum atomic E-state index is -0.934. The molecule has 1 aromatic rings. The third kappa shape index (κ3) is 5.51. The number of benzene rings is 1. The lowest BCUT2D eigenvalue weighted by Crippen LogP contribution is -2.63. The monoisotopic (exact) mass is 538 g/mol. The minimum Gasteiger partial charge on any atom is -0.497 e. The van der Waals surface area contributed by atoms with Crippen molar-refractivity contribution < 1.29 is 52.2 Å². The number of carbonyl (C=O) groups is 1. The van der Waals surface area contributed by atoms with Crippen LogP contribution in [0, 0.1) is 0 Å². The van der Waals surface area contributed by atoms with E-state index in [9.17, 15) is 4.79 Å². The molecule has 0 unspecified atom stereocenters. The SMILES string of the molecule is COc1ccc(O[C@@H]2O[C@H](C)[C@@H]3OC(C)(C)O[C@@H]3[C@H]2O[C@@H]2O[C@@H](C)[C@H](OC(C)=O)[C@H]3OC(C)(C)O[C@@H]23)cc1. The Bertz CT molecular complexity index is 995. The molecule has 0 spiro atoms. The molecule has 0 aromatic heterocycles. The van der Waals surface area contributed by atoms with Crippen LogP contribution in [0.25, 0.3) is 0 Å². The topological polar surface area (TPSA) is 109 Å². The van der Waals surface area contributed by atoms with E-state index in [1.165, 1.54) is 6.92 Å². The first kappa shape index (κ1) is 27.6. The van der Waals surface area contributed by atoms with Crippen molar-refractivity contribution in [3.63, 3.8) is 0 Å². The van der Waals surface area contributed by atoms with Crippen LogP contribution >= 0.6 is 0 Å². The van der Waals surface area contributed by atoms with E-state index >= 15 is 0 Å². The van der Waals surface area contributed by atoms with E-state index in [0.717, 1.165) is 0 Å². The third-order valence-corrected chi connectivity index (χ3v) is 7.04.